The van der Waals surface area contributed by atoms with Gasteiger partial charge in [0.25, 0.3) is 0 Å². The Morgan fingerprint density at radius 1 is 1.17 bits per heavy atom. The van der Waals surface area contributed by atoms with Crippen LogP contribution in [0.5, 0.6) is 0 Å². The molecular weight excluding hydrogens is 419 g/mol. The molecule has 0 amide bonds. The van der Waals surface area contributed by atoms with Gasteiger partial charge in [-0.2, -0.15) is 17.7 Å². The molecule has 0 aromatic carbocycles. The fraction of sp³-hybridized carbons (Fsp3) is 0.474. The lowest BCUT2D eigenvalue weighted by Gasteiger charge is -2.20. The van der Waals surface area contributed by atoms with Gasteiger partial charge in [-0.15, -0.1) is 15.3 Å². The van der Waals surface area contributed by atoms with Crippen molar-refractivity contribution in [3.05, 3.63) is 40.8 Å². The van der Waals surface area contributed by atoms with E-state index in [-0.39, 0.29) is 16.5 Å². The average Bonchev–Trinajstić information content (AvgIpc) is 3.27. The molecule has 0 spiro atoms. The van der Waals surface area contributed by atoms with Gasteiger partial charge in [-0.1, -0.05) is 32.4 Å². The van der Waals surface area contributed by atoms with Gasteiger partial charge in [0, 0.05) is 30.7 Å². The van der Waals surface area contributed by atoms with E-state index in [1.54, 1.807) is 4.52 Å². The van der Waals surface area contributed by atoms with E-state index in [9.17, 15) is 13.2 Å². The minimum absolute atomic E-state index is 0.00988. The lowest BCUT2D eigenvalue weighted by atomic mass is 9.96. The summed E-state index contributed by atoms with van der Waals surface area (Å²) in [5.41, 5.74) is -0.398. The summed E-state index contributed by atoms with van der Waals surface area (Å²) in [5.74, 6) is 1.78. The lowest BCUT2D eigenvalue weighted by Crippen LogP contribution is -2.27. The molecule has 0 saturated carbocycles. The van der Waals surface area contributed by atoms with Crippen molar-refractivity contribution in [2.45, 2.75) is 44.8 Å². The molecule has 3 aromatic heterocycles. The monoisotopic (exact) mass is 439 g/mol. The molecule has 1 unspecified atom stereocenters. The average molecular weight is 440 g/mol. The highest BCUT2D eigenvalue weighted by atomic mass is 35.5. The number of nitrogens with one attached hydrogen (secondary N) is 1. The second kappa shape index (κ2) is 7.26. The molecule has 1 N–H and O–H groups in total. The smallest absolute Gasteiger partial charge is 0.364 e. The van der Waals surface area contributed by atoms with Gasteiger partial charge in [0.1, 0.15) is 11.6 Å². The summed E-state index contributed by atoms with van der Waals surface area (Å²) in [6, 6.07) is 4.64. The van der Waals surface area contributed by atoms with Crippen molar-refractivity contribution in [3.8, 4) is 0 Å². The molecular formula is C19H21ClF3N7. The van der Waals surface area contributed by atoms with Gasteiger partial charge in [-0.3, -0.25) is 0 Å². The Bertz CT molecular complexity index is 1070. The highest BCUT2D eigenvalue weighted by Crippen LogP contribution is 2.34. The van der Waals surface area contributed by atoms with Crippen molar-refractivity contribution < 1.29 is 13.2 Å². The molecule has 7 nitrogen and oxygen atoms in total. The Kier molecular flexibility index (Phi) is 5.00. The second-order valence-corrected chi connectivity index (χ2v) is 8.77. The number of rotatable bonds is 3. The first kappa shape index (κ1) is 20.6. The van der Waals surface area contributed by atoms with Crippen LogP contribution in [-0.2, 0) is 11.6 Å². The summed E-state index contributed by atoms with van der Waals surface area (Å²) in [6.07, 6.45) is -2.88. The first-order chi connectivity index (χ1) is 14.0. The van der Waals surface area contributed by atoms with E-state index in [1.807, 2.05) is 37.8 Å². The summed E-state index contributed by atoms with van der Waals surface area (Å²) in [6.45, 7) is 7.30. The van der Waals surface area contributed by atoms with Gasteiger partial charge >= 0.3 is 6.18 Å². The predicted molar refractivity (Wildman–Crippen MR) is 108 cm³/mol. The maximum absolute atomic E-state index is 12.8. The maximum atomic E-state index is 12.8. The topological polar surface area (TPSA) is 71.2 Å². The molecule has 1 aliphatic heterocycles. The van der Waals surface area contributed by atoms with Crippen LogP contribution in [0, 0.1) is 0 Å². The third-order valence-electron chi connectivity index (χ3n) is 4.92. The van der Waals surface area contributed by atoms with Crippen LogP contribution in [0.2, 0.25) is 5.02 Å². The second-order valence-electron chi connectivity index (χ2n) is 8.37. The van der Waals surface area contributed by atoms with Crippen molar-refractivity contribution >= 4 is 28.9 Å². The zero-order valence-electron chi connectivity index (χ0n) is 16.7. The molecule has 160 valence electrons. The third-order valence-corrected chi connectivity index (χ3v) is 5.20. The molecule has 11 heteroatoms. The number of alkyl halides is 3. The summed E-state index contributed by atoms with van der Waals surface area (Å²) in [7, 11) is 0. The van der Waals surface area contributed by atoms with Crippen LogP contribution < -0.4 is 10.2 Å². The van der Waals surface area contributed by atoms with Crippen LogP contribution >= 0.6 is 11.6 Å². The van der Waals surface area contributed by atoms with Crippen LogP contribution in [0.1, 0.15) is 38.6 Å². The normalized spacial score (nSPS) is 17.7. The van der Waals surface area contributed by atoms with Crippen molar-refractivity contribution in [1.82, 2.24) is 24.8 Å². The van der Waals surface area contributed by atoms with E-state index in [2.05, 4.69) is 25.6 Å². The Hall–Kier alpha value is -2.62. The van der Waals surface area contributed by atoms with E-state index in [1.165, 1.54) is 0 Å². The van der Waals surface area contributed by atoms with Crippen LogP contribution in [-0.4, -0.2) is 43.9 Å². The molecule has 30 heavy (non-hydrogen) atoms. The molecule has 3 aromatic rings. The van der Waals surface area contributed by atoms with Crippen LogP contribution in [0.15, 0.2) is 24.4 Å². The van der Waals surface area contributed by atoms with Crippen molar-refractivity contribution in [2.75, 3.05) is 23.3 Å². The first-order valence-electron chi connectivity index (χ1n) is 9.49. The zero-order chi connectivity index (χ0) is 21.7. The highest BCUT2D eigenvalue weighted by Gasteiger charge is 2.33. The van der Waals surface area contributed by atoms with Gasteiger partial charge in [0.15, 0.2) is 11.5 Å². The minimum atomic E-state index is -4.47. The molecule has 0 bridgehead atoms. The van der Waals surface area contributed by atoms with Crippen molar-refractivity contribution in [3.63, 3.8) is 0 Å². The molecule has 4 rings (SSSR count). The van der Waals surface area contributed by atoms with Crippen molar-refractivity contribution in [2.24, 2.45) is 0 Å². The van der Waals surface area contributed by atoms with Gasteiger partial charge in [-0.05, 0) is 24.6 Å². The van der Waals surface area contributed by atoms with Crippen LogP contribution in [0.4, 0.5) is 24.8 Å². The summed E-state index contributed by atoms with van der Waals surface area (Å²) in [4.78, 5) is 5.82. The Labute approximate surface area is 176 Å². The molecule has 0 aliphatic carbocycles. The first-order valence-corrected chi connectivity index (χ1v) is 9.87. The molecule has 1 atom stereocenters. The minimum Gasteiger partial charge on any atom is -0.364 e. The number of anilines is 2. The van der Waals surface area contributed by atoms with E-state index in [4.69, 9.17) is 11.6 Å². The fourth-order valence-electron chi connectivity index (χ4n) is 3.43. The van der Waals surface area contributed by atoms with Crippen molar-refractivity contribution in [1.29, 1.82) is 0 Å². The van der Waals surface area contributed by atoms with Crippen LogP contribution in [0.3, 0.4) is 0 Å². The number of fused-ring (bicyclic) bond motifs is 1. The molecule has 0 radical (unpaired) electrons. The number of nitrogens with zero attached hydrogens (tertiary/aromatic N) is 6. The van der Waals surface area contributed by atoms with E-state index < -0.39 is 11.7 Å². The van der Waals surface area contributed by atoms with Gasteiger partial charge in [0.2, 0.25) is 0 Å². The van der Waals surface area contributed by atoms with E-state index in [0.717, 1.165) is 24.5 Å². The van der Waals surface area contributed by atoms with Gasteiger partial charge in [-0.25, -0.2) is 4.98 Å². The SMILES string of the molecule is CC(C)(C)c1nnc2ccc(NC3CCN(c4ncc(C(F)(F)F)cc4Cl)C3)nn12. The van der Waals surface area contributed by atoms with Crippen LogP contribution in [0.25, 0.3) is 5.65 Å². The summed E-state index contributed by atoms with van der Waals surface area (Å²) >= 11 is 6.08. The molecule has 1 saturated heterocycles. The maximum Gasteiger partial charge on any atom is 0.417 e. The van der Waals surface area contributed by atoms with E-state index in [0.29, 0.717) is 30.4 Å². The molecule has 4 heterocycles. The number of hydrogen-bond donors (Lipinski definition) is 1. The Morgan fingerprint density at radius 3 is 2.60 bits per heavy atom. The zero-order valence-corrected chi connectivity index (χ0v) is 17.5. The standard InChI is InChI=1S/C19H21ClF3N7/c1-18(2,3)17-27-26-15-5-4-14(28-30(15)17)25-12-6-7-29(10-12)16-13(20)8-11(9-24-16)19(21,22)23/h4-5,8-9,12H,6-7,10H2,1-3H3,(H,25,28). The van der Waals surface area contributed by atoms with E-state index >= 15 is 0 Å². The number of hydrogen-bond acceptors (Lipinski definition) is 6. The summed E-state index contributed by atoms with van der Waals surface area (Å²) < 4.78 is 40.2. The number of pyridine rings is 1. The molecule has 1 fully saturated rings. The fourth-order valence-corrected chi connectivity index (χ4v) is 3.72. The lowest BCUT2D eigenvalue weighted by molar-refractivity contribution is -0.137. The van der Waals surface area contributed by atoms with Gasteiger partial charge < -0.3 is 10.2 Å². The quantitative estimate of drug-likeness (QED) is 0.660. The Balaban J connectivity index is 1.49. The Morgan fingerprint density at radius 2 is 1.93 bits per heavy atom. The number of aromatic nitrogens is 5. The number of halogens is 4. The third kappa shape index (κ3) is 4.00. The summed E-state index contributed by atoms with van der Waals surface area (Å²) in [5, 5.41) is 16.4. The highest BCUT2D eigenvalue weighted by molar-refractivity contribution is 6.33. The largest absolute Gasteiger partial charge is 0.417 e. The molecule has 1 aliphatic rings. The predicted octanol–water partition coefficient (Wildman–Crippen LogP) is 4.18. The van der Waals surface area contributed by atoms with Gasteiger partial charge in [0.05, 0.1) is 10.6 Å².